The van der Waals surface area contributed by atoms with E-state index in [1.165, 1.54) is 0 Å². The minimum Gasteiger partial charge on any atom is -0.481 e. The fourth-order valence-corrected chi connectivity index (χ4v) is 3.82. The number of hydrogen-bond acceptors (Lipinski definition) is 3. The van der Waals surface area contributed by atoms with Crippen molar-refractivity contribution >= 4 is 59.9 Å². The lowest BCUT2D eigenvalue weighted by Crippen LogP contribution is -2.24. The van der Waals surface area contributed by atoms with Gasteiger partial charge >= 0.3 is 0 Å². The molecular formula is C16H13Br3N2O2. The summed E-state index contributed by atoms with van der Waals surface area (Å²) in [5.41, 5.74) is 4.39. The van der Waals surface area contributed by atoms with Crippen LogP contribution in [0.3, 0.4) is 0 Å². The Morgan fingerprint density at radius 1 is 1.22 bits per heavy atom. The van der Waals surface area contributed by atoms with E-state index in [1.807, 2.05) is 43.3 Å². The highest BCUT2D eigenvalue weighted by molar-refractivity contribution is 9.11. The standard InChI is InChI=1S/C16H13Br3N2O2/c1-10-5-13(18)16(14(19)6-10)23-9-15(22)21-20-8-11-3-2-4-12(17)7-11/h2-8H,9H2,1H3,(H,21,22). The Morgan fingerprint density at radius 3 is 2.57 bits per heavy atom. The molecular weight excluding hydrogens is 492 g/mol. The van der Waals surface area contributed by atoms with Gasteiger partial charge in [0.1, 0.15) is 5.75 Å². The van der Waals surface area contributed by atoms with E-state index in [2.05, 4.69) is 58.3 Å². The van der Waals surface area contributed by atoms with Gasteiger partial charge in [-0.15, -0.1) is 0 Å². The lowest BCUT2D eigenvalue weighted by Gasteiger charge is -2.10. The Kier molecular flexibility index (Phi) is 6.80. The van der Waals surface area contributed by atoms with Gasteiger partial charge in [0.25, 0.3) is 5.91 Å². The normalized spacial score (nSPS) is 10.8. The van der Waals surface area contributed by atoms with Crippen molar-refractivity contribution in [3.8, 4) is 5.75 Å². The van der Waals surface area contributed by atoms with Gasteiger partial charge in [-0.25, -0.2) is 5.43 Å². The number of halogens is 3. The van der Waals surface area contributed by atoms with Crippen LogP contribution in [0.1, 0.15) is 11.1 Å². The summed E-state index contributed by atoms with van der Waals surface area (Å²) in [6.07, 6.45) is 1.57. The topological polar surface area (TPSA) is 50.7 Å². The molecule has 0 heterocycles. The molecule has 0 aromatic heterocycles. The number of benzene rings is 2. The molecule has 0 aliphatic carbocycles. The molecule has 23 heavy (non-hydrogen) atoms. The van der Waals surface area contributed by atoms with Gasteiger partial charge in [-0.2, -0.15) is 5.10 Å². The van der Waals surface area contributed by atoms with Crippen LogP contribution in [0.2, 0.25) is 0 Å². The minimum atomic E-state index is -0.337. The van der Waals surface area contributed by atoms with Gasteiger partial charge in [-0.05, 0) is 74.2 Å². The summed E-state index contributed by atoms with van der Waals surface area (Å²) < 4.78 is 8.04. The number of nitrogens with one attached hydrogen (secondary N) is 1. The van der Waals surface area contributed by atoms with Crippen molar-refractivity contribution in [2.24, 2.45) is 5.10 Å². The summed E-state index contributed by atoms with van der Waals surface area (Å²) >= 11 is 10.2. The van der Waals surface area contributed by atoms with Crippen molar-refractivity contribution < 1.29 is 9.53 Å². The zero-order valence-electron chi connectivity index (χ0n) is 12.1. The Balaban J connectivity index is 1.88. The second kappa shape index (κ2) is 8.61. The maximum atomic E-state index is 11.8. The van der Waals surface area contributed by atoms with Gasteiger partial charge in [0, 0.05) is 4.47 Å². The Bertz CT molecular complexity index is 725. The monoisotopic (exact) mass is 502 g/mol. The fraction of sp³-hybridized carbons (Fsp3) is 0.125. The van der Waals surface area contributed by atoms with Crippen molar-refractivity contribution in [2.75, 3.05) is 6.61 Å². The smallest absolute Gasteiger partial charge is 0.277 e. The molecule has 0 fully saturated rings. The molecule has 7 heteroatoms. The first kappa shape index (κ1) is 18.2. The van der Waals surface area contributed by atoms with E-state index in [0.717, 1.165) is 24.5 Å². The molecule has 1 N–H and O–H groups in total. The number of aryl methyl sites for hydroxylation is 1. The van der Waals surface area contributed by atoms with Crippen LogP contribution in [0.4, 0.5) is 0 Å². The van der Waals surface area contributed by atoms with Gasteiger partial charge in [-0.1, -0.05) is 28.1 Å². The zero-order chi connectivity index (χ0) is 16.8. The number of rotatable bonds is 5. The van der Waals surface area contributed by atoms with E-state index in [4.69, 9.17) is 4.74 Å². The van der Waals surface area contributed by atoms with E-state index in [-0.39, 0.29) is 12.5 Å². The minimum absolute atomic E-state index is 0.129. The van der Waals surface area contributed by atoms with Crippen LogP contribution in [0, 0.1) is 6.92 Å². The predicted octanol–water partition coefficient (Wildman–Crippen LogP) is 4.81. The molecule has 0 saturated carbocycles. The number of hydrazone groups is 1. The molecule has 120 valence electrons. The molecule has 4 nitrogen and oxygen atoms in total. The van der Waals surface area contributed by atoms with Gasteiger partial charge in [0.2, 0.25) is 0 Å². The third-order valence-corrected chi connectivity index (χ3v) is 4.41. The molecule has 0 atom stereocenters. The molecule has 0 unspecified atom stereocenters. The third kappa shape index (κ3) is 5.75. The van der Waals surface area contributed by atoms with Crippen molar-refractivity contribution in [2.45, 2.75) is 6.92 Å². The summed E-state index contributed by atoms with van der Waals surface area (Å²) in [5.74, 6) is 0.248. The molecule has 0 aliphatic heterocycles. The van der Waals surface area contributed by atoms with Crippen molar-refractivity contribution in [1.82, 2.24) is 5.43 Å². The molecule has 0 bridgehead atoms. The van der Waals surface area contributed by atoms with Crippen molar-refractivity contribution in [3.05, 3.63) is 60.9 Å². The van der Waals surface area contributed by atoms with Crippen LogP contribution < -0.4 is 10.2 Å². The number of amides is 1. The summed E-state index contributed by atoms with van der Waals surface area (Å²) in [4.78, 5) is 11.8. The average Bonchev–Trinajstić information content (AvgIpc) is 2.46. The van der Waals surface area contributed by atoms with Crippen LogP contribution in [0.15, 0.2) is 54.9 Å². The van der Waals surface area contributed by atoms with Crippen LogP contribution in [-0.2, 0) is 4.79 Å². The van der Waals surface area contributed by atoms with E-state index < -0.39 is 0 Å². The van der Waals surface area contributed by atoms with Crippen LogP contribution in [-0.4, -0.2) is 18.7 Å². The maximum absolute atomic E-state index is 11.8. The summed E-state index contributed by atoms with van der Waals surface area (Å²) in [5, 5.41) is 3.91. The van der Waals surface area contributed by atoms with Crippen molar-refractivity contribution in [1.29, 1.82) is 0 Å². The largest absolute Gasteiger partial charge is 0.481 e. The van der Waals surface area contributed by atoms with Gasteiger partial charge in [-0.3, -0.25) is 4.79 Å². The third-order valence-electron chi connectivity index (χ3n) is 2.74. The molecule has 0 spiro atoms. The van der Waals surface area contributed by atoms with Crippen molar-refractivity contribution in [3.63, 3.8) is 0 Å². The van der Waals surface area contributed by atoms with E-state index in [1.54, 1.807) is 6.21 Å². The molecule has 0 saturated heterocycles. The highest BCUT2D eigenvalue weighted by Gasteiger charge is 2.09. The average molecular weight is 505 g/mol. The number of carbonyl (C=O) groups excluding carboxylic acids is 1. The highest BCUT2D eigenvalue weighted by atomic mass is 79.9. The first-order valence-electron chi connectivity index (χ1n) is 6.61. The van der Waals surface area contributed by atoms with Gasteiger partial charge in [0.15, 0.2) is 6.61 Å². The maximum Gasteiger partial charge on any atom is 0.277 e. The Morgan fingerprint density at radius 2 is 1.91 bits per heavy atom. The fourth-order valence-electron chi connectivity index (χ4n) is 1.76. The first-order valence-corrected chi connectivity index (χ1v) is 8.99. The second-order valence-corrected chi connectivity index (χ2v) is 7.32. The zero-order valence-corrected chi connectivity index (χ0v) is 16.9. The number of hydrogen-bond donors (Lipinski definition) is 1. The molecule has 1 amide bonds. The number of ether oxygens (including phenoxy) is 1. The predicted molar refractivity (Wildman–Crippen MR) is 102 cm³/mol. The lowest BCUT2D eigenvalue weighted by atomic mass is 10.2. The van der Waals surface area contributed by atoms with Gasteiger partial charge < -0.3 is 4.74 Å². The van der Waals surface area contributed by atoms with Crippen LogP contribution >= 0.6 is 47.8 Å². The van der Waals surface area contributed by atoms with Crippen LogP contribution in [0.5, 0.6) is 5.75 Å². The lowest BCUT2D eigenvalue weighted by molar-refractivity contribution is -0.123. The summed E-state index contributed by atoms with van der Waals surface area (Å²) in [6.45, 7) is 1.85. The van der Waals surface area contributed by atoms with E-state index >= 15 is 0 Å². The molecule has 0 radical (unpaired) electrons. The Hall–Kier alpha value is -1.18. The summed E-state index contributed by atoms with van der Waals surface area (Å²) in [6, 6.07) is 11.4. The quantitative estimate of drug-likeness (QED) is 0.469. The molecule has 0 aliphatic rings. The number of nitrogens with zero attached hydrogens (tertiary/aromatic N) is 1. The first-order chi connectivity index (χ1) is 11.0. The number of carbonyl (C=O) groups is 1. The van der Waals surface area contributed by atoms with E-state index in [9.17, 15) is 4.79 Å². The molecule has 2 aromatic carbocycles. The SMILES string of the molecule is Cc1cc(Br)c(OCC(=O)NN=Cc2cccc(Br)c2)c(Br)c1. The molecule has 2 rings (SSSR count). The Labute approximate surface area is 159 Å². The highest BCUT2D eigenvalue weighted by Crippen LogP contribution is 2.34. The summed E-state index contributed by atoms with van der Waals surface area (Å²) in [7, 11) is 0. The second-order valence-electron chi connectivity index (χ2n) is 4.69. The molecule has 2 aromatic rings. The van der Waals surface area contributed by atoms with E-state index in [0.29, 0.717) is 5.75 Å². The van der Waals surface area contributed by atoms with Crippen LogP contribution in [0.25, 0.3) is 0 Å². The van der Waals surface area contributed by atoms with Gasteiger partial charge in [0.05, 0.1) is 15.2 Å².